The third kappa shape index (κ3) is 4.82. The Hall–Kier alpha value is -1.85. The lowest BCUT2D eigenvalue weighted by Crippen LogP contribution is -2.26. The molecule has 2 rings (SSSR count). The predicted molar refractivity (Wildman–Crippen MR) is 94.4 cm³/mol. The molecule has 0 aliphatic rings. The molecule has 0 fully saturated rings. The van der Waals surface area contributed by atoms with Crippen LogP contribution < -0.4 is 5.32 Å². The first-order valence-corrected chi connectivity index (χ1v) is 8.60. The summed E-state index contributed by atoms with van der Waals surface area (Å²) in [4.78, 5) is 12.5. The minimum Gasteiger partial charge on any atom is -0.381 e. The Morgan fingerprint density at radius 1 is 1.29 bits per heavy atom. The van der Waals surface area contributed by atoms with Crippen LogP contribution in [0.4, 0.5) is 0 Å². The molecule has 0 unspecified atom stereocenters. The molecule has 24 heavy (non-hydrogen) atoms. The molecule has 0 atom stereocenters. The topological polar surface area (TPSA) is 64.4 Å². The normalized spacial score (nSPS) is 10.8. The molecule has 0 aliphatic carbocycles. The second-order valence-electron chi connectivity index (χ2n) is 5.53. The van der Waals surface area contributed by atoms with Crippen molar-refractivity contribution in [2.75, 3.05) is 19.8 Å². The largest absolute Gasteiger partial charge is 0.381 e. The number of aryl methyl sites for hydroxylation is 1. The summed E-state index contributed by atoms with van der Waals surface area (Å²) in [6.07, 6.45) is 2.95. The fraction of sp³-hybridized carbons (Fsp3) is 0.444. The van der Waals surface area contributed by atoms with E-state index < -0.39 is 0 Å². The first kappa shape index (κ1) is 18.5. The highest BCUT2D eigenvalue weighted by Crippen LogP contribution is 2.31. The number of unbranched alkanes of at least 4 members (excludes halogenated alkanes) is 1. The number of halogens is 1. The molecule has 2 aromatic rings. The Kier molecular flexibility index (Phi) is 7.28. The third-order valence-electron chi connectivity index (χ3n) is 3.60. The lowest BCUT2D eigenvalue weighted by molar-refractivity contribution is 0.0940. The molecule has 1 aromatic carbocycles. The van der Waals surface area contributed by atoms with Gasteiger partial charge in [0, 0.05) is 25.3 Å². The van der Waals surface area contributed by atoms with Gasteiger partial charge in [-0.15, -0.1) is 0 Å². The second-order valence-corrected chi connectivity index (χ2v) is 5.93. The van der Waals surface area contributed by atoms with Crippen LogP contribution in [0.3, 0.4) is 0 Å². The van der Waals surface area contributed by atoms with E-state index in [1.807, 2.05) is 12.1 Å². The van der Waals surface area contributed by atoms with Gasteiger partial charge in [0.15, 0.2) is 5.76 Å². The van der Waals surface area contributed by atoms with Crippen LogP contribution in [0.15, 0.2) is 28.8 Å². The van der Waals surface area contributed by atoms with Crippen LogP contribution >= 0.6 is 11.6 Å². The van der Waals surface area contributed by atoms with Crippen molar-refractivity contribution < 1.29 is 14.1 Å². The molecule has 1 aromatic heterocycles. The highest BCUT2D eigenvalue weighted by molar-refractivity contribution is 6.33. The number of carbonyl (C=O) groups is 1. The maximum atomic E-state index is 12.5. The van der Waals surface area contributed by atoms with Gasteiger partial charge >= 0.3 is 0 Å². The van der Waals surface area contributed by atoms with Crippen molar-refractivity contribution in [3.63, 3.8) is 0 Å². The van der Waals surface area contributed by atoms with Crippen LogP contribution in [0.1, 0.15) is 42.2 Å². The zero-order chi connectivity index (χ0) is 17.4. The number of nitrogens with zero attached hydrogens (tertiary/aromatic N) is 1. The number of carbonyl (C=O) groups excluding carboxylic acids is 1. The molecule has 5 nitrogen and oxygen atoms in total. The van der Waals surface area contributed by atoms with Crippen LogP contribution in [0.2, 0.25) is 5.02 Å². The van der Waals surface area contributed by atoms with Crippen molar-refractivity contribution in [1.29, 1.82) is 0 Å². The van der Waals surface area contributed by atoms with Crippen molar-refractivity contribution in [2.45, 2.75) is 33.1 Å². The summed E-state index contributed by atoms with van der Waals surface area (Å²) in [5.74, 6) is 0.187. The van der Waals surface area contributed by atoms with Crippen molar-refractivity contribution in [1.82, 2.24) is 10.5 Å². The number of amides is 1. The zero-order valence-corrected chi connectivity index (χ0v) is 14.9. The predicted octanol–water partition coefficient (Wildman–Crippen LogP) is 4.24. The number of rotatable bonds is 9. The maximum absolute atomic E-state index is 12.5. The molecule has 0 spiro atoms. The molecular weight excluding hydrogens is 328 g/mol. The minimum absolute atomic E-state index is 0.211. The van der Waals surface area contributed by atoms with Crippen LogP contribution in [0.5, 0.6) is 0 Å². The maximum Gasteiger partial charge on any atom is 0.257 e. The minimum atomic E-state index is -0.211. The highest BCUT2D eigenvalue weighted by Gasteiger charge is 2.22. The Bertz CT molecular complexity index is 670. The van der Waals surface area contributed by atoms with Gasteiger partial charge in [-0.2, -0.15) is 0 Å². The number of hydrogen-bond acceptors (Lipinski definition) is 4. The van der Waals surface area contributed by atoms with Crippen LogP contribution in [0.25, 0.3) is 11.3 Å². The van der Waals surface area contributed by atoms with E-state index in [1.54, 1.807) is 19.1 Å². The van der Waals surface area contributed by atoms with Gasteiger partial charge < -0.3 is 14.6 Å². The number of benzene rings is 1. The van der Waals surface area contributed by atoms with Crippen molar-refractivity contribution in [2.24, 2.45) is 0 Å². The van der Waals surface area contributed by atoms with Gasteiger partial charge in [-0.3, -0.25) is 4.79 Å². The molecule has 6 heteroatoms. The molecule has 0 bridgehead atoms. The first-order valence-electron chi connectivity index (χ1n) is 8.22. The summed E-state index contributed by atoms with van der Waals surface area (Å²) >= 11 is 6.20. The SMILES string of the molecule is CCCCOCCCNC(=O)c1c(C)noc1-c1ccccc1Cl. The Morgan fingerprint density at radius 3 is 2.79 bits per heavy atom. The molecule has 0 radical (unpaired) electrons. The van der Waals surface area contributed by atoms with E-state index in [0.717, 1.165) is 25.9 Å². The van der Waals surface area contributed by atoms with Gasteiger partial charge in [-0.05, 0) is 31.9 Å². The number of ether oxygens (including phenoxy) is 1. The molecule has 0 aliphatic heterocycles. The Morgan fingerprint density at radius 2 is 2.04 bits per heavy atom. The van der Waals surface area contributed by atoms with E-state index in [1.165, 1.54) is 0 Å². The third-order valence-corrected chi connectivity index (χ3v) is 3.93. The smallest absolute Gasteiger partial charge is 0.257 e. The van der Waals surface area contributed by atoms with Crippen LogP contribution in [0, 0.1) is 6.92 Å². The molecular formula is C18H23ClN2O3. The molecule has 1 N–H and O–H groups in total. The van der Waals surface area contributed by atoms with E-state index in [4.69, 9.17) is 20.9 Å². The van der Waals surface area contributed by atoms with Gasteiger partial charge in [0.1, 0.15) is 5.56 Å². The van der Waals surface area contributed by atoms with Gasteiger partial charge in [-0.25, -0.2) is 0 Å². The summed E-state index contributed by atoms with van der Waals surface area (Å²) in [7, 11) is 0. The van der Waals surface area contributed by atoms with Crippen molar-refractivity contribution >= 4 is 17.5 Å². The fourth-order valence-electron chi connectivity index (χ4n) is 2.28. The first-order chi connectivity index (χ1) is 11.6. The van der Waals surface area contributed by atoms with E-state index >= 15 is 0 Å². The van der Waals surface area contributed by atoms with E-state index in [2.05, 4.69) is 17.4 Å². The van der Waals surface area contributed by atoms with Crippen molar-refractivity contribution in [3.8, 4) is 11.3 Å². The number of nitrogens with one attached hydrogen (secondary N) is 1. The lowest BCUT2D eigenvalue weighted by Gasteiger charge is -2.07. The second kappa shape index (κ2) is 9.45. The summed E-state index contributed by atoms with van der Waals surface area (Å²) in [5.41, 5.74) is 1.63. The lowest BCUT2D eigenvalue weighted by atomic mass is 10.1. The van der Waals surface area contributed by atoms with Gasteiger partial charge in [-0.1, -0.05) is 42.2 Å². The Balaban J connectivity index is 1.96. The van der Waals surface area contributed by atoms with Crippen LogP contribution in [-0.2, 0) is 4.74 Å². The van der Waals surface area contributed by atoms with E-state index in [-0.39, 0.29) is 5.91 Å². The number of hydrogen-bond donors (Lipinski definition) is 1. The quantitative estimate of drug-likeness (QED) is 0.687. The van der Waals surface area contributed by atoms with Gasteiger partial charge in [0.05, 0.1) is 10.7 Å². The number of aromatic nitrogens is 1. The van der Waals surface area contributed by atoms with E-state index in [9.17, 15) is 4.79 Å². The average Bonchev–Trinajstić information content (AvgIpc) is 2.96. The molecule has 1 amide bonds. The molecule has 130 valence electrons. The van der Waals surface area contributed by atoms with Crippen LogP contribution in [-0.4, -0.2) is 30.8 Å². The van der Waals surface area contributed by atoms with Crippen molar-refractivity contribution in [3.05, 3.63) is 40.5 Å². The van der Waals surface area contributed by atoms with Gasteiger partial charge in [0.2, 0.25) is 0 Å². The standard InChI is InChI=1S/C18H23ClN2O3/c1-3-4-11-23-12-7-10-20-18(22)16-13(2)21-24-17(16)14-8-5-6-9-15(14)19/h5-6,8-9H,3-4,7,10-12H2,1-2H3,(H,20,22). The molecule has 1 heterocycles. The summed E-state index contributed by atoms with van der Waals surface area (Å²) in [6, 6.07) is 7.23. The zero-order valence-electron chi connectivity index (χ0n) is 14.1. The van der Waals surface area contributed by atoms with Gasteiger partial charge in [0.25, 0.3) is 5.91 Å². The summed E-state index contributed by atoms with van der Waals surface area (Å²) in [6.45, 7) is 5.82. The summed E-state index contributed by atoms with van der Waals surface area (Å²) in [5, 5.41) is 7.32. The Labute approximate surface area is 147 Å². The molecule has 0 saturated carbocycles. The summed E-state index contributed by atoms with van der Waals surface area (Å²) < 4.78 is 10.8. The average molecular weight is 351 g/mol. The molecule has 0 saturated heterocycles. The fourth-order valence-corrected chi connectivity index (χ4v) is 2.50. The van der Waals surface area contributed by atoms with E-state index in [0.29, 0.717) is 40.8 Å². The monoisotopic (exact) mass is 350 g/mol. The highest BCUT2D eigenvalue weighted by atomic mass is 35.5.